The van der Waals surface area contributed by atoms with Crippen LogP contribution in [0.5, 0.6) is 0 Å². The van der Waals surface area contributed by atoms with Gasteiger partial charge in [0.25, 0.3) is 0 Å². The highest BCUT2D eigenvalue weighted by molar-refractivity contribution is 9.10. The van der Waals surface area contributed by atoms with Crippen molar-refractivity contribution < 1.29 is 9.90 Å². The van der Waals surface area contributed by atoms with Crippen molar-refractivity contribution in [2.45, 2.75) is 18.5 Å². The first kappa shape index (κ1) is 12.2. The van der Waals surface area contributed by atoms with Gasteiger partial charge in [0.15, 0.2) is 0 Å². The lowest BCUT2D eigenvalue weighted by molar-refractivity contribution is -0.138. The molecule has 0 saturated carbocycles. The Hall–Kier alpha value is -0.910. The van der Waals surface area contributed by atoms with Gasteiger partial charge in [0.05, 0.1) is 0 Å². The van der Waals surface area contributed by atoms with E-state index in [1.165, 1.54) is 0 Å². The Morgan fingerprint density at radius 3 is 2.33 bits per heavy atom. The lowest BCUT2D eigenvalue weighted by atomic mass is 10.0. The van der Waals surface area contributed by atoms with E-state index in [1.54, 1.807) is 0 Å². The molecule has 0 aliphatic heterocycles. The van der Waals surface area contributed by atoms with Crippen molar-refractivity contribution in [2.75, 3.05) is 0 Å². The number of carboxylic acid groups (broad SMARTS) is 1. The van der Waals surface area contributed by atoms with E-state index in [0.717, 1.165) is 10.0 Å². The van der Waals surface area contributed by atoms with E-state index < -0.39 is 12.0 Å². The molecule has 5 heteroatoms. The van der Waals surface area contributed by atoms with Crippen LogP contribution in [-0.2, 0) is 4.79 Å². The molecule has 0 spiro atoms. The van der Waals surface area contributed by atoms with E-state index in [2.05, 4.69) is 15.9 Å². The summed E-state index contributed by atoms with van der Waals surface area (Å²) >= 11 is 3.31. The van der Waals surface area contributed by atoms with Crippen molar-refractivity contribution in [3.63, 3.8) is 0 Å². The third-order valence-electron chi connectivity index (χ3n) is 2.12. The minimum atomic E-state index is -1.03. The van der Waals surface area contributed by atoms with Crippen LogP contribution in [-0.4, -0.2) is 17.1 Å². The minimum Gasteiger partial charge on any atom is -0.480 e. The molecule has 0 aromatic heterocycles. The smallest absolute Gasteiger partial charge is 0.320 e. The van der Waals surface area contributed by atoms with Crippen LogP contribution in [0.1, 0.15) is 18.0 Å². The van der Waals surface area contributed by atoms with Crippen LogP contribution in [0.4, 0.5) is 0 Å². The van der Waals surface area contributed by atoms with Gasteiger partial charge >= 0.3 is 5.97 Å². The van der Waals surface area contributed by atoms with Crippen LogP contribution < -0.4 is 11.5 Å². The molecule has 0 saturated heterocycles. The van der Waals surface area contributed by atoms with Crippen molar-refractivity contribution in [1.29, 1.82) is 0 Å². The summed E-state index contributed by atoms with van der Waals surface area (Å²) in [5.74, 6) is -1.03. The third-order valence-corrected chi connectivity index (χ3v) is 2.65. The van der Waals surface area contributed by atoms with Gasteiger partial charge < -0.3 is 16.6 Å². The van der Waals surface area contributed by atoms with Crippen LogP contribution in [0.2, 0.25) is 0 Å². The van der Waals surface area contributed by atoms with E-state index in [9.17, 15) is 4.79 Å². The Kier molecular flexibility index (Phi) is 4.26. The van der Waals surface area contributed by atoms with E-state index >= 15 is 0 Å². The topological polar surface area (TPSA) is 89.3 Å². The SMILES string of the molecule is N[C@H](C[C@@H](N)c1ccc(Br)cc1)C(=O)O. The first-order valence-electron chi connectivity index (χ1n) is 4.50. The molecule has 0 amide bonds. The van der Waals surface area contributed by atoms with E-state index in [4.69, 9.17) is 16.6 Å². The summed E-state index contributed by atoms with van der Waals surface area (Å²) < 4.78 is 0.959. The summed E-state index contributed by atoms with van der Waals surface area (Å²) in [4.78, 5) is 10.5. The Balaban J connectivity index is 2.64. The molecule has 0 unspecified atom stereocenters. The summed E-state index contributed by atoms with van der Waals surface area (Å²) in [6.45, 7) is 0. The maximum Gasteiger partial charge on any atom is 0.320 e. The molecular formula is C10H13BrN2O2. The zero-order valence-electron chi connectivity index (χ0n) is 8.06. The number of hydrogen-bond acceptors (Lipinski definition) is 3. The molecule has 1 rings (SSSR count). The van der Waals surface area contributed by atoms with Gasteiger partial charge in [0, 0.05) is 10.5 Å². The number of carbonyl (C=O) groups is 1. The van der Waals surface area contributed by atoms with E-state index in [0.29, 0.717) is 0 Å². The molecule has 0 bridgehead atoms. The molecule has 1 aromatic rings. The Morgan fingerprint density at radius 2 is 1.87 bits per heavy atom. The Labute approximate surface area is 96.4 Å². The van der Waals surface area contributed by atoms with Gasteiger partial charge in [0.1, 0.15) is 6.04 Å². The fraction of sp³-hybridized carbons (Fsp3) is 0.300. The predicted octanol–water partition coefficient (Wildman–Crippen LogP) is 1.25. The number of aliphatic carboxylic acids is 1. The van der Waals surface area contributed by atoms with Crippen molar-refractivity contribution in [3.05, 3.63) is 34.3 Å². The quantitative estimate of drug-likeness (QED) is 0.770. The van der Waals surface area contributed by atoms with E-state index in [1.807, 2.05) is 24.3 Å². The number of carboxylic acids is 1. The molecule has 5 N–H and O–H groups in total. The van der Waals surface area contributed by atoms with Gasteiger partial charge in [-0.15, -0.1) is 0 Å². The lowest BCUT2D eigenvalue weighted by Gasteiger charge is -2.14. The molecule has 0 radical (unpaired) electrons. The van der Waals surface area contributed by atoms with Gasteiger partial charge in [-0.1, -0.05) is 28.1 Å². The second-order valence-electron chi connectivity index (χ2n) is 3.34. The van der Waals surface area contributed by atoms with Crippen molar-refractivity contribution in [1.82, 2.24) is 0 Å². The monoisotopic (exact) mass is 272 g/mol. The number of rotatable bonds is 4. The predicted molar refractivity (Wildman–Crippen MR) is 61.3 cm³/mol. The van der Waals surface area contributed by atoms with Crippen LogP contribution in [0, 0.1) is 0 Å². The van der Waals surface area contributed by atoms with Crippen molar-refractivity contribution >= 4 is 21.9 Å². The van der Waals surface area contributed by atoms with Gasteiger partial charge in [-0.2, -0.15) is 0 Å². The molecule has 0 fully saturated rings. The summed E-state index contributed by atoms with van der Waals surface area (Å²) in [5.41, 5.74) is 12.1. The highest BCUT2D eigenvalue weighted by atomic mass is 79.9. The standard InChI is InChI=1S/C10H13BrN2O2/c11-7-3-1-6(2-4-7)8(12)5-9(13)10(14)15/h1-4,8-9H,5,12-13H2,(H,14,15)/t8-,9-/m1/s1. The van der Waals surface area contributed by atoms with Gasteiger partial charge in [0.2, 0.25) is 0 Å². The molecule has 4 nitrogen and oxygen atoms in total. The average Bonchev–Trinajstić information content (AvgIpc) is 2.18. The molecule has 0 aliphatic rings. The molecule has 1 aromatic carbocycles. The molecule has 0 aliphatic carbocycles. The summed E-state index contributed by atoms with van der Waals surface area (Å²) in [6, 6.07) is 6.17. The second kappa shape index (κ2) is 5.25. The fourth-order valence-corrected chi connectivity index (χ4v) is 1.48. The summed E-state index contributed by atoms with van der Waals surface area (Å²) in [7, 11) is 0. The van der Waals surface area contributed by atoms with Crippen molar-refractivity contribution in [2.24, 2.45) is 11.5 Å². The number of nitrogens with two attached hydrogens (primary N) is 2. The Bertz CT molecular complexity index is 340. The first-order chi connectivity index (χ1) is 7.00. The van der Waals surface area contributed by atoms with Crippen LogP contribution in [0.15, 0.2) is 28.7 Å². The highest BCUT2D eigenvalue weighted by Gasteiger charge is 2.16. The lowest BCUT2D eigenvalue weighted by Crippen LogP contribution is -2.33. The number of hydrogen-bond donors (Lipinski definition) is 3. The maximum absolute atomic E-state index is 10.5. The van der Waals surface area contributed by atoms with Crippen LogP contribution in [0.25, 0.3) is 0 Å². The molecule has 82 valence electrons. The van der Waals surface area contributed by atoms with Crippen LogP contribution in [0.3, 0.4) is 0 Å². The summed E-state index contributed by atoms with van der Waals surface area (Å²) in [5, 5.41) is 8.63. The number of benzene rings is 1. The van der Waals surface area contributed by atoms with Crippen molar-refractivity contribution in [3.8, 4) is 0 Å². The third kappa shape index (κ3) is 3.62. The highest BCUT2D eigenvalue weighted by Crippen LogP contribution is 2.18. The minimum absolute atomic E-state index is 0.233. The molecule has 0 heterocycles. The van der Waals surface area contributed by atoms with E-state index in [-0.39, 0.29) is 12.5 Å². The second-order valence-corrected chi connectivity index (χ2v) is 4.25. The largest absolute Gasteiger partial charge is 0.480 e. The number of halogens is 1. The zero-order chi connectivity index (χ0) is 11.4. The molecule has 2 atom stereocenters. The zero-order valence-corrected chi connectivity index (χ0v) is 9.65. The van der Waals surface area contributed by atoms with Gasteiger partial charge in [-0.3, -0.25) is 4.79 Å². The maximum atomic E-state index is 10.5. The Morgan fingerprint density at radius 1 is 1.33 bits per heavy atom. The van der Waals surface area contributed by atoms with Crippen LogP contribution >= 0.6 is 15.9 Å². The normalized spacial score (nSPS) is 14.6. The van der Waals surface area contributed by atoms with Gasteiger partial charge in [-0.05, 0) is 24.1 Å². The fourth-order valence-electron chi connectivity index (χ4n) is 1.22. The first-order valence-corrected chi connectivity index (χ1v) is 5.29. The molecule has 15 heavy (non-hydrogen) atoms. The summed E-state index contributed by atoms with van der Waals surface area (Å²) in [6.07, 6.45) is 0.233. The van der Waals surface area contributed by atoms with Gasteiger partial charge in [-0.25, -0.2) is 0 Å². The average molecular weight is 273 g/mol. The molecular weight excluding hydrogens is 260 g/mol.